The number of ketones is 1. The van der Waals surface area contributed by atoms with Gasteiger partial charge in [-0.3, -0.25) is 14.5 Å². The lowest BCUT2D eigenvalue weighted by Gasteiger charge is -2.18. The Hall–Kier alpha value is -2.74. The van der Waals surface area contributed by atoms with Gasteiger partial charge in [-0.05, 0) is 43.4 Å². The Kier molecular flexibility index (Phi) is 7.43. The molecule has 0 fully saturated rings. The standard InChI is InChI=1S/C22H23Cl2N5O2/c1-4-28(5-2)13-19-26-21(22(31)25-3)27-29(19)18-11-10-14(23)12-16(18)20(30)15-8-6-7-9-17(15)24/h6-12H,4-5,13H2,1-3H3,(H,25,31). The van der Waals surface area contributed by atoms with Gasteiger partial charge < -0.3 is 5.32 Å². The van der Waals surface area contributed by atoms with E-state index in [4.69, 9.17) is 23.2 Å². The van der Waals surface area contributed by atoms with Crippen molar-refractivity contribution < 1.29 is 9.59 Å². The highest BCUT2D eigenvalue weighted by atomic mass is 35.5. The molecule has 3 rings (SSSR count). The zero-order chi connectivity index (χ0) is 22.5. The molecule has 0 saturated heterocycles. The summed E-state index contributed by atoms with van der Waals surface area (Å²) < 4.78 is 1.53. The molecule has 9 heteroatoms. The van der Waals surface area contributed by atoms with Crippen molar-refractivity contribution in [2.75, 3.05) is 20.1 Å². The summed E-state index contributed by atoms with van der Waals surface area (Å²) in [5, 5.41) is 7.68. The van der Waals surface area contributed by atoms with Gasteiger partial charge in [0, 0.05) is 23.2 Å². The van der Waals surface area contributed by atoms with Gasteiger partial charge in [0.15, 0.2) is 5.78 Å². The average Bonchev–Trinajstić information content (AvgIpc) is 3.20. The first-order chi connectivity index (χ1) is 14.9. The summed E-state index contributed by atoms with van der Waals surface area (Å²) in [4.78, 5) is 32.1. The maximum absolute atomic E-state index is 13.4. The number of carbonyl (C=O) groups excluding carboxylic acids is 2. The highest BCUT2D eigenvalue weighted by Crippen LogP contribution is 2.26. The van der Waals surface area contributed by atoms with Crippen LogP contribution < -0.4 is 5.32 Å². The molecule has 0 spiro atoms. The molecule has 0 bridgehead atoms. The number of hydrogen-bond acceptors (Lipinski definition) is 5. The molecule has 31 heavy (non-hydrogen) atoms. The molecule has 3 aromatic rings. The number of nitrogens with zero attached hydrogens (tertiary/aromatic N) is 4. The smallest absolute Gasteiger partial charge is 0.290 e. The van der Waals surface area contributed by atoms with E-state index in [1.54, 1.807) is 42.5 Å². The quantitative estimate of drug-likeness (QED) is 0.514. The van der Waals surface area contributed by atoms with Crippen LogP contribution in [0.15, 0.2) is 42.5 Å². The lowest BCUT2D eigenvalue weighted by molar-refractivity contribution is 0.0952. The SMILES string of the molecule is CCN(CC)Cc1nc(C(=O)NC)nn1-c1ccc(Cl)cc1C(=O)c1ccccc1Cl. The molecule has 1 N–H and O–H groups in total. The number of aromatic nitrogens is 3. The summed E-state index contributed by atoms with van der Waals surface area (Å²) in [6, 6.07) is 11.8. The zero-order valence-electron chi connectivity index (χ0n) is 17.5. The van der Waals surface area contributed by atoms with Gasteiger partial charge in [-0.2, -0.15) is 0 Å². The van der Waals surface area contributed by atoms with Crippen LogP contribution in [0.3, 0.4) is 0 Å². The lowest BCUT2D eigenvalue weighted by Crippen LogP contribution is -2.24. The Morgan fingerprint density at radius 1 is 1.06 bits per heavy atom. The molecule has 0 aliphatic carbocycles. The van der Waals surface area contributed by atoms with Crippen LogP contribution in [0.25, 0.3) is 5.69 Å². The van der Waals surface area contributed by atoms with Crippen molar-refractivity contribution in [1.29, 1.82) is 0 Å². The number of halogens is 2. The molecular formula is C22H23Cl2N5O2. The molecule has 0 unspecified atom stereocenters. The Morgan fingerprint density at radius 3 is 2.42 bits per heavy atom. The van der Waals surface area contributed by atoms with E-state index in [1.807, 2.05) is 13.8 Å². The van der Waals surface area contributed by atoms with Crippen molar-refractivity contribution in [3.05, 3.63) is 75.3 Å². The van der Waals surface area contributed by atoms with Crippen LogP contribution in [-0.2, 0) is 6.54 Å². The topological polar surface area (TPSA) is 80.1 Å². The fourth-order valence-electron chi connectivity index (χ4n) is 3.16. The van der Waals surface area contributed by atoms with Crippen molar-refractivity contribution >= 4 is 34.9 Å². The van der Waals surface area contributed by atoms with Crippen LogP contribution >= 0.6 is 23.2 Å². The van der Waals surface area contributed by atoms with Gasteiger partial charge in [0.2, 0.25) is 5.82 Å². The van der Waals surface area contributed by atoms with E-state index in [1.165, 1.54) is 11.7 Å². The molecule has 0 saturated carbocycles. The highest BCUT2D eigenvalue weighted by molar-refractivity contribution is 6.35. The molecule has 7 nitrogen and oxygen atoms in total. The molecule has 0 radical (unpaired) electrons. The number of benzene rings is 2. The minimum Gasteiger partial charge on any atom is -0.352 e. The van der Waals surface area contributed by atoms with Crippen LogP contribution in [0, 0.1) is 0 Å². The fourth-order valence-corrected chi connectivity index (χ4v) is 3.55. The molecular weight excluding hydrogens is 437 g/mol. The molecule has 0 atom stereocenters. The largest absolute Gasteiger partial charge is 0.352 e. The number of carbonyl (C=O) groups is 2. The minimum atomic E-state index is -0.410. The van der Waals surface area contributed by atoms with E-state index in [9.17, 15) is 9.59 Å². The Balaban J connectivity index is 2.18. The normalized spacial score (nSPS) is 11.0. The number of nitrogens with one attached hydrogen (secondary N) is 1. The maximum Gasteiger partial charge on any atom is 0.290 e. The third kappa shape index (κ3) is 4.95. The first-order valence-corrected chi connectivity index (χ1v) is 10.6. The van der Waals surface area contributed by atoms with Gasteiger partial charge in [-0.15, -0.1) is 5.10 Å². The van der Waals surface area contributed by atoms with Gasteiger partial charge in [0.1, 0.15) is 5.82 Å². The molecule has 1 aromatic heterocycles. The summed E-state index contributed by atoms with van der Waals surface area (Å²) in [7, 11) is 1.52. The predicted octanol–water partition coefficient (Wildman–Crippen LogP) is 4.01. The van der Waals surface area contributed by atoms with E-state index >= 15 is 0 Å². The van der Waals surface area contributed by atoms with E-state index in [0.29, 0.717) is 39.2 Å². The van der Waals surface area contributed by atoms with Crippen molar-refractivity contribution in [2.45, 2.75) is 20.4 Å². The molecule has 162 valence electrons. The van der Waals surface area contributed by atoms with E-state index in [2.05, 4.69) is 20.3 Å². The zero-order valence-corrected chi connectivity index (χ0v) is 19.0. The van der Waals surface area contributed by atoms with Crippen molar-refractivity contribution in [3.8, 4) is 5.69 Å². The highest BCUT2D eigenvalue weighted by Gasteiger charge is 2.23. The lowest BCUT2D eigenvalue weighted by atomic mass is 10.0. The fraction of sp³-hybridized carbons (Fsp3) is 0.273. The van der Waals surface area contributed by atoms with Crippen LogP contribution in [0.2, 0.25) is 10.0 Å². The van der Waals surface area contributed by atoms with Crippen molar-refractivity contribution in [2.24, 2.45) is 0 Å². The van der Waals surface area contributed by atoms with Gasteiger partial charge >= 0.3 is 0 Å². The maximum atomic E-state index is 13.4. The molecule has 1 amide bonds. The van der Waals surface area contributed by atoms with Gasteiger partial charge in [0.25, 0.3) is 5.91 Å². The first-order valence-electron chi connectivity index (χ1n) is 9.89. The van der Waals surface area contributed by atoms with Gasteiger partial charge in [-0.25, -0.2) is 9.67 Å². The third-order valence-corrected chi connectivity index (χ3v) is 5.48. The first kappa shape index (κ1) is 22.9. The summed E-state index contributed by atoms with van der Waals surface area (Å²) in [5.74, 6) is -0.144. The second-order valence-corrected chi connectivity index (χ2v) is 7.62. The Labute approximate surface area is 191 Å². The van der Waals surface area contributed by atoms with Crippen LogP contribution in [0.1, 0.15) is 46.2 Å². The molecule has 0 aliphatic rings. The van der Waals surface area contributed by atoms with E-state index in [0.717, 1.165) is 13.1 Å². The van der Waals surface area contributed by atoms with Gasteiger partial charge in [-0.1, -0.05) is 49.2 Å². The Morgan fingerprint density at radius 2 is 1.77 bits per heavy atom. The minimum absolute atomic E-state index is 0.0238. The third-order valence-electron chi connectivity index (χ3n) is 4.91. The summed E-state index contributed by atoms with van der Waals surface area (Å²) >= 11 is 12.5. The van der Waals surface area contributed by atoms with Crippen molar-refractivity contribution in [1.82, 2.24) is 25.0 Å². The predicted molar refractivity (Wildman–Crippen MR) is 121 cm³/mol. The monoisotopic (exact) mass is 459 g/mol. The summed E-state index contributed by atoms with van der Waals surface area (Å²) in [5.41, 5.74) is 1.14. The molecule has 1 heterocycles. The molecule has 2 aromatic carbocycles. The number of amides is 1. The molecule has 0 aliphatic heterocycles. The van der Waals surface area contributed by atoms with Crippen molar-refractivity contribution in [3.63, 3.8) is 0 Å². The second-order valence-electron chi connectivity index (χ2n) is 6.77. The number of rotatable bonds is 8. The van der Waals surface area contributed by atoms with E-state index in [-0.39, 0.29) is 11.6 Å². The number of hydrogen-bond donors (Lipinski definition) is 1. The van der Waals surface area contributed by atoms with Crippen LogP contribution in [0.5, 0.6) is 0 Å². The van der Waals surface area contributed by atoms with E-state index < -0.39 is 5.91 Å². The summed E-state index contributed by atoms with van der Waals surface area (Å²) in [6.07, 6.45) is 0. The van der Waals surface area contributed by atoms with Crippen LogP contribution in [0.4, 0.5) is 0 Å². The Bertz CT molecular complexity index is 1110. The second kappa shape index (κ2) is 10.0. The van der Waals surface area contributed by atoms with Crippen LogP contribution in [-0.4, -0.2) is 51.5 Å². The van der Waals surface area contributed by atoms with Gasteiger partial charge in [0.05, 0.1) is 17.3 Å². The average molecular weight is 460 g/mol. The summed E-state index contributed by atoms with van der Waals surface area (Å²) in [6.45, 7) is 6.13.